The van der Waals surface area contributed by atoms with Crippen molar-refractivity contribution in [3.05, 3.63) is 0 Å². The number of carboxylic acids is 1. The summed E-state index contributed by atoms with van der Waals surface area (Å²) in [5.74, 6) is -3.56. The molecule has 13 heavy (non-hydrogen) atoms. The van der Waals surface area contributed by atoms with Crippen LogP contribution in [0.15, 0.2) is 0 Å². The van der Waals surface area contributed by atoms with Crippen molar-refractivity contribution in [2.75, 3.05) is 6.61 Å². The molecule has 0 amide bonds. The molecule has 0 aliphatic carbocycles. The van der Waals surface area contributed by atoms with Crippen LogP contribution in [0.4, 0.5) is 0 Å². The molecule has 0 aromatic carbocycles. The highest BCUT2D eigenvalue weighted by Gasteiger charge is 2.33. The highest BCUT2D eigenvalue weighted by atomic mass is 16.4. The lowest BCUT2D eigenvalue weighted by Gasteiger charge is -2.18. The van der Waals surface area contributed by atoms with Gasteiger partial charge in [-0.05, 0) is 0 Å². The van der Waals surface area contributed by atoms with E-state index in [0.29, 0.717) is 0 Å². The zero-order valence-electron chi connectivity index (χ0n) is 6.49. The zero-order chi connectivity index (χ0) is 10.6. The van der Waals surface area contributed by atoms with Crippen LogP contribution in [0.5, 0.6) is 0 Å². The zero-order valence-corrected chi connectivity index (χ0v) is 6.49. The molecule has 0 saturated heterocycles. The van der Waals surface area contributed by atoms with E-state index in [4.69, 9.17) is 25.5 Å². The summed E-state index contributed by atoms with van der Waals surface area (Å²) in [6.45, 7) is -0.884. The lowest BCUT2D eigenvalue weighted by atomic mass is 10.1. The molecule has 3 atom stereocenters. The number of carbonyl (C=O) groups is 2. The minimum atomic E-state index is -2.24. The van der Waals surface area contributed by atoms with Crippen molar-refractivity contribution in [3.8, 4) is 0 Å². The van der Waals surface area contributed by atoms with Crippen molar-refractivity contribution in [3.63, 3.8) is 0 Å². The Hall–Kier alpha value is -1.02. The summed E-state index contributed by atoms with van der Waals surface area (Å²) in [7, 11) is 0. The number of aliphatic hydroxyl groups excluding tert-OH is 4. The Labute approximate surface area is 72.9 Å². The molecule has 7 heteroatoms. The van der Waals surface area contributed by atoms with E-state index in [0.717, 1.165) is 0 Å². The van der Waals surface area contributed by atoms with Crippen LogP contribution in [0.25, 0.3) is 0 Å². The summed E-state index contributed by atoms with van der Waals surface area (Å²) in [5.41, 5.74) is 0. The van der Waals surface area contributed by atoms with E-state index < -0.39 is 36.7 Å². The van der Waals surface area contributed by atoms with Gasteiger partial charge < -0.3 is 25.5 Å². The maximum absolute atomic E-state index is 10.5. The van der Waals surface area contributed by atoms with Gasteiger partial charge in [-0.2, -0.15) is 0 Å². The summed E-state index contributed by atoms with van der Waals surface area (Å²) >= 11 is 0. The first kappa shape index (κ1) is 12.0. The molecule has 0 fully saturated rings. The predicted octanol–water partition coefficient (Wildman–Crippen LogP) is -3.28. The SMILES string of the molecule is O=C(O)C(=O)[C@@H](O)[C@H](O)[C@@H](O)CO. The van der Waals surface area contributed by atoms with Gasteiger partial charge in [0.05, 0.1) is 6.61 Å². The third-order valence-corrected chi connectivity index (χ3v) is 1.38. The second-order valence-electron chi connectivity index (χ2n) is 2.35. The second-order valence-corrected chi connectivity index (χ2v) is 2.35. The molecule has 7 nitrogen and oxygen atoms in total. The summed E-state index contributed by atoms with van der Waals surface area (Å²) < 4.78 is 0. The molecule has 0 radical (unpaired) electrons. The predicted molar refractivity (Wildman–Crippen MR) is 37.7 cm³/mol. The molecule has 0 aromatic heterocycles. The molecule has 0 heterocycles. The van der Waals surface area contributed by atoms with Gasteiger partial charge in [0.1, 0.15) is 12.2 Å². The van der Waals surface area contributed by atoms with Crippen molar-refractivity contribution in [1.29, 1.82) is 0 Å². The van der Waals surface area contributed by atoms with E-state index >= 15 is 0 Å². The van der Waals surface area contributed by atoms with Gasteiger partial charge in [-0.3, -0.25) is 4.79 Å². The number of hydrogen-bond donors (Lipinski definition) is 5. The van der Waals surface area contributed by atoms with Crippen LogP contribution >= 0.6 is 0 Å². The number of aliphatic carboxylic acids is 1. The third-order valence-electron chi connectivity index (χ3n) is 1.38. The molecule has 5 N–H and O–H groups in total. The first-order valence-corrected chi connectivity index (χ1v) is 3.34. The molecular weight excluding hydrogens is 184 g/mol. The van der Waals surface area contributed by atoms with Crippen LogP contribution in [0.2, 0.25) is 0 Å². The quantitative estimate of drug-likeness (QED) is 0.289. The van der Waals surface area contributed by atoms with Gasteiger partial charge in [0.2, 0.25) is 0 Å². The monoisotopic (exact) mass is 194 g/mol. The molecule has 0 spiro atoms. The van der Waals surface area contributed by atoms with Crippen LogP contribution in [-0.2, 0) is 9.59 Å². The lowest BCUT2D eigenvalue weighted by molar-refractivity contribution is -0.159. The molecule has 0 aliphatic heterocycles. The molecule has 0 aliphatic rings. The molecular formula is C6H10O7. The second kappa shape index (κ2) is 4.87. The van der Waals surface area contributed by atoms with Crippen LogP contribution in [-0.4, -0.2) is 62.2 Å². The smallest absolute Gasteiger partial charge is 0.375 e. The van der Waals surface area contributed by atoms with Crippen LogP contribution in [0, 0.1) is 0 Å². The fraction of sp³-hybridized carbons (Fsp3) is 0.667. The maximum Gasteiger partial charge on any atom is 0.375 e. The average molecular weight is 194 g/mol. The molecule has 0 saturated carbocycles. The highest BCUT2D eigenvalue weighted by Crippen LogP contribution is 2.01. The Balaban J connectivity index is 4.33. The number of Topliss-reactive ketones (excluding diaryl/α,β-unsaturated/α-hetero) is 1. The van der Waals surface area contributed by atoms with E-state index in [-0.39, 0.29) is 0 Å². The summed E-state index contributed by atoms with van der Waals surface area (Å²) in [4.78, 5) is 20.5. The summed E-state index contributed by atoms with van der Waals surface area (Å²) in [5, 5.41) is 42.8. The number of hydrogen-bond acceptors (Lipinski definition) is 6. The van der Waals surface area contributed by atoms with Gasteiger partial charge in [0.15, 0.2) is 6.10 Å². The molecule has 0 aromatic rings. The van der Waals surface area contributed by atoms with E-state index in [1.54, 1.807) is 0 Å². The topological polar surface area (TPSA) is 135 Å². The molecule has 0 bridgehead atoms. The van der Waals surface area contributed by atoms with Gasteiger partial charge in [-0.1, -0.05) is 0 Å². The Morgan fingerprint density at radius 3 is 1.92 bits per heavy atom. The van der Waals surface area contributed by atoms with E-state index in [9.17, 15) is 9.59 Å². The third kappa shape index (κ3) is 3.07. The van der Waals surface area contributed by atoms with Gasteiger partial charge in [0, 0.05) is 0 Å². The van der Waals surface area contributed by atoms with Gasteiger partial charge in [-0.25, -0.2) is 4.79 Å². The number of carbonyl (C=O) groups excluding carboxylic acids is 1. The number of aliphatic hydroxyl groups is 4. The minimum absolute atomic E-state index is 0.884. The molecule has 0 unspecified atom stereocenters. The van der Waals surface area contributed by atoms with E-state index in [2.05, 4.69) is 0 Å². The number of rotatable bonds is 5. The van der Waals surface area contributed by atoms with Crippen LogP contribution in [0.3, 0.4) is 0 Å². The first-order chi connectivity index (χ1) is 5.91. The van der Waals surface area contributed by atoms with Crippen molar-refractivity contribution in [2.24, 2.45) is 0 Å². The standard InChI is InChI=1S/C6H10O7/c7-1-2(8)3(9)4(10)5(11)6(12)13/h2-4,7-10H,1H2,(H,12,13)/t2-,3+,4-/m0/s1. The van der Waals surface area contributed by atoms with Crippen molar-refractivity contribution in [1.82, 2.24) is 0 Å². The maximum atomic E-state index is 10.5. The fourth-order valence-corrected chi connectivity index (χ4v) is 0.600. The Bertz CT molecular complexity index is 201. The highest BCUT2D eigenvalue weighted by molar-refractivity contribution is 6.34. The first-order valence-electron chi connectivity index (χ1n) is 3.34. The van der Waals surface area contributed by atoms with E-state index in [1.165, 1.54) is 0 Å². The van der Waals surface area contributed by atoms with Crippen molar-refractivity contribution >= 4 is 11.8 Å². The minimum Gasteiger partial charge on any atom is -0.475 e. The van der Waals surface area contributed by atoms with Crippen LogP contribution in [0.1, 0.15) is 0 Å². The Morgan fingerprint density at radius 2 is 1.62 bits per heavy atom. The molecule has 0 rings (SSSR count). The number of ketones is 1. The average Bonchev–Trinajstić information content (AvgIpc) is 2.12. The van der Waals surface area contributed by atoms with Gasteiger partial charge >= 0.3 is 5.97 Å². The normalized spacial score (nSPS) is 17.5. The summed E-state index contributed by atoms with van der Waals surface area (Å²) in [6.07, 6.45) is -5.99. The largest absolute Gasteiger partial charge is 0.475 e. The number of carboxylic acid groups (broad SMARTS) is 1. The van der Waals surface area contributed by atoms with E-state index in [1.807, 2.05) is 0 Å². The van der Waals surface area contributed by atoms with Crippen molar-refractivity contribution in [2.45, 2.75) is 18.3 Å². The Kier molecular flexibility index (Phi) is 4.49. The van der Waals surface area contributed by atoms with Crippen LogP contribution < -0.4 is 0 Å². The molecule has 76 valence electrons. The Morgan fingerprint density at radius 1 is 1.15 bits per heavy atom. The van der Waals surface area contributed by atoms with Gasteiger partial charge in [-0.15, -0.1) is 0 Å². The fourth-order valence-electron chi connectivity index (χ4n) is 0.600. The van der Waals surface area contributed by atoms with Gasteiger partial charge in [0.25, 0.3) is 5.78 Å². The lowest BCUT2D eigenvalue weighted by Crippen LogP contribution is -2.46. The van der Waals surface area contributed by atoms with Crippen molar-refractivity contribution < 1.29 is 35.1 Å². The summed E-state index contributed by atoms with van der Waals surface area (Å²) in [6, 6.07) is 0.